The van der Waals surface area contributed by atoms with Gasteiger partial charge in [0.2, 0.25) is 0 Å². The summed E-state index contributed by atoms with van der Waals surface area (Å²) in [6, 6.07) is 12.9. The van der Waals surface area contributed by atoms with Crippen LogP contribution in [0, 0.1) is 0 Å². The lowest BCUT2D eigenvalue weighted by Crippen LogP contribution is -2.43. The van der Waals surface area contributed by atoms with Gasteiger partial charge in [-0.05, 0) is 30.0 Å². The Balaban J connectivity index is 1.51. The van der Waals surface area contributed by atoms with Crippen molar-refractivity contribution in [3.8, 4) is 10.6 Å². The number of hydrogen-bond acceptors (Lipinski definition) is 5. The third-order valence-electron chi connectivity index (χ3n) is 4.40. The molecule has 1 fully saturated rings. The van der Waals surface area contributed by atoms with Gasteiger partial charge in [-0.1, -0.05) is 30.3 Å². The Morgan fingerprint density at radius 1 is 1.22 bits per heavy atom. The fourth-order valence-corrected chi connectivity index (χ4v) is 4.68. The van der Waals surface area contributed by atoms with E-state index in [9.17, 15) is 0 Å². The summed E-state index contributed by atoms with van der Waals surface area (Å²) in [6.45, 7) is 2.90. The van der Waals surface area contributed by atoms with E-state index in [4.69, 9.17) is 0 Å². The van der Waals surface area contributed by atoms with Crippen LogP contribution in [0.5, 0.6) is 0 Å². The minimum Gasteiger partial charge on any atom is -0.314 e. The van der Waals surface area contributed by atoms with Crippen LogP contribution in [0.15, 0.2) is 53.4 Å². The SMILES string of the molecule is c1ccc(C2(NCc3cnc(-c4ccsc4)s3)CCNC2)cc1. The van der Waals surface area contributed by atoms with Crippen LogP contribution in [0.4, 0.5) is 0 Å². The topological polar surface area (TPSA) is 37.0 Å². The zero-order chi connectivity index (χ0) is 15.5. The molecule has 5 heteroatoms. The quantitative estimate of drug-likeness (QED) is 0.740. The van der Waals surface area contributed by atoms with Crippen LogP contribution in [0.1, 0.15) is 16.9 Å². The summed E-state index contributed by atoms with van der Waals surface area (Å²) in [5.74, 6) is 0. The molecule has 1 unspecified atom stereocenters. The van der Waals surface area contributed by atoms with E-state index in [1.165, 1.54) is 16.0 Å². The maximum atomic E-state index is 4.57. The molecule has 0 aliphatic carbocycles. The molecule has 1 atom stereocenters. The van der Waals surface area contributed by atoms with Gasteiger partial charge in [0.25, 0.3) is 0 Å². The van der Waals surface area contributed by atoms with Crippen molar-refractivity contribution in [2.24, 2.45) is 0 Å². The number of thiazole rings is 1. The Bertz CT molecular complexity index is 744. The zero-order valence-electron chi connectivity index (χ0n) is 12.8. The van der Waals surface area contributed by atoms with Gasteiger partial charge in [0.1, 0.15) is 5.01 Å². The maximum Gasteiger partial charge on any atom is 0.124 e. The van der Waals surface area contributed by atoms with Crippen LogP contribution in [-0.2, 0) is 12.1 Å². The Labute approximate surface area is 144 Å². The normalized spacial score (nSPS) is 20.9. The number of nitrogens with zero attached hydrogens (tertiary/aromatic N) is 1. The predicted octanol–water partition coefficient (Wildman–Crippen LogP) is 3.85. The molecule has 3 heterocycles. The van der Waals surface area contributed by atoms with Crippen molar-refractivity contribution in [2.75, 3.05) is 13.1 Å². The van der Waals surface area contributed by atoms with E-state index in [-0.39, 0.29) is 5.54 Å². The lowest BCUT2D eigenvalue weighted by molar-refractivity contribution is 0.364. The van der Waals surface area contributed by atoms with E-state index < -0.39 is 0 Å². The molecule has 1 saturated heterocycles. The fraction of sp³-hybridized carbons (Fsp3) is 0.278. The first kappa shape index (κ1) is 15.0. The van der Waals surface area contributed by atoms with Gasteiger partial charge in [0, 0.05) is 35.1 Å². The number of benzene rings is 1. The minimum atomic E-state index is 0.0355. The first-order valence-corrected chi connectivity index (χ1v) is 9.60. The largest absolute Gasteiger partial charge is 0.314 e. The monoisotopic (exact) mass is 341 g/mol. The molecule has 1 aliphatic heterocycles. The summed E-state index contributed by atoms with van der Waals surface area (Å²) in [6.07, 6.45) is 3.12. The van der Waals surface area contributed by atoms with Gasteiger partial charge < -0.3 is 10.6 Å². The van der Waals surface area contributed by atoms with E-state index in [1.807, 2.05) is 6.20 Å². The van der Waals surface area contributed by atoms with Crippen molar-refractivity contribution < 1.29 is 0 Å². The van der Waals surface area contributed by atoms with Gasteiger partial charge in [0.15, 0.2) is 0 Å². The van der Waals surface area contributed by atoms with E-state index in [0.29, 0.717) is 0 Å². The molecule has 0 saturated carbocycles. The average molecular weight is 342 g/mol. The molecule has 2 aromatic heterocycles. The third kappa shape index (κ3) is 3.10. The molecule has 0 radical (unpaired) electrons. The van der Waals surface area contributed by atoms with Crippen molar-refractivity contribution in [3.63, 3.8) is 0 Å². The molecule has 3 aromatic rings. The van der Waals surface area contributed by atoms with Gasteiger partial charge in [-0.3, -0.25) is 0 Å². The molecule has 23 heavy (non-hydrogen) atoms. The molecule has 118 valence electrons. The van der Waals surface area contributed by atoms with Gasteiger partial charge in [-0.2, -0.15) is 11.3 Å². The van der Waals surface area contributed by atoms with Crippen molar-refractivity contribution in [1.82, 2.24) is 15.6 Å². The van der Waals surface area contributed by atoms with Gasteiger partial charge in [-0.15, -0.1) is 11.3 Å². The summed E-state index contributed by atoms with van der Waals surface area (Å²) in [4.78, 5) is 5.85. The smallest absolute Gasteiger partial charge is 0.124 e. The number of rotatable bonds is 5. The lowest BCUT2D eigenvalue weighted by Gasteiger charge is -2.30. The van der Waals surface area contributed by atoms with Crippen LogP contribution >= 0.6 is 22.7 Å². The second-order valence-corrected chi connectivity index (χ2v) is 7.77. The fourth-order valence-electron chi connectivity index (χ4n) is 3.11. The molecule has 4 rings (SSSR count). The van der Waals surface area contributed by atoms with Gasteiger partial charge in [0.05, 0.1) is 5.54 Å². The van der Waals surface area contributed by atoms with Gasteiger partial charge in [-0.25, -0.2) is 4.98 Å². The highest BCUT2D eigenvalue weighted by Crippen LogP contribution is 2.30. The Morgan fingerprint density at radius 3 is 2.87 bits per heavy atom. The molecule has 0 bridgehead atoms. The Morgan fingerprint density at radius 2 is 2.13 bits per heavy atom. The lowest BCUT2D eigenvalue weighted by atomic mass is 9.89. The van der Waals surface area contributed by atoms with Gasteiger partial charge >= 0.3 is 0 Å². The molecule has 0 amide bonds. The number of hydrogen-bond donors (Lipinski definition) is 2. The molecular weight excluding hydrogens is 322 g/mol. The zero-order valence-corrected chi connectivity index (χ0v) is 14.4. The highest BCUT2D eigenvalue weighted by Gasteiger charge is 2.34. The summed E-state index contributed by atoms with van der Waals surface area (Å²) < 4.78 is 0. The van der Waals surface area contributed by atoms with Crippen molar-refractivity contribution in [2.45, 2.75) is 18.5 Å². The highest BCUT2D eigenvalue weighted by atomic mass is 32.1. The van der Waals surface area contributed by atoms with Crippen molar-refractivity contribution in [3.05, 3.63) is 63.8 Å². The summed E-state index contributed by atoms with van der Waals surface area (Å²) in [7, 11) is 0. The molecule has 1 aromatic carbocycles. The molecule has 1 aliphatic rings. The van der Waals surface area contributed by atoms with E-state index in [1.54, 1.807) is 22.7 Å². The van der Waals surface area contributed by atoms with Crippen LogP contribution in [0.2, 0.25) is 0 Å². The first-order chi connectivity index (χ1) is 11.4. The second-order valence-electron chi connectivity index (χ2n) is 5.87. The molecule has 2 N–H and O–H groups in total. The van der Waals surface area contributed by atoms with E-state index in [2.05, 4.69) is 62.8 Å². The number of thiophene rings is 1. The number of nitrogens with one attached hydrogen (secondary N) is 2. The van der Waals surface area contributed by atoms with Crippen LogP contribution < -0.4 is 10.6 Å². The summed E-state index contributed by atoms with van der Waals surface area (Å²) in [5, 5.41) is 12.7. The standard InChI is InChI=1S/C18H19N3S2/c1-2-4-15(5-3-1)18(7-8-19-13-18)21-11-16-10-20-17(23-16)14-6-9-22-12-14/h1-6,9-10,12,19,21H,7-8,11,13H2. The van der Waals surface area contributed by atoms with Crippen LogP contribution in [-0.4, -0.2) is 18.1 Å². The summed E-state index contributed by atoms with van der Waals surface area (Å²) >= 11 is 3.50. The average Bonchev–Trinajstić information content (AvgIpc) is 3.34. The minimum absolute atomic E-state index is 0.0355. The van der Waals surface area contributed by atoms with Crippen LogP contribution in [0.3, 0.4) is 0 Å². The maximum absolute atomic E-state index is 4.57. The number of aromatic nitrogens is 1. The molecule has 3 nitrogen and oxygen atoms in total. The van der Waals surface area contributed by atoms with Crippen LogP contribution in [0.25, 0.3) is 10.6 Å². The van der Waals surface area contributed by atoms with Crippen molar-refractivity contribution >= 4 is 22.7 Å². The van der Waals surface area contributed by atoms with E-state index in [0.717, 1.165) is 31.1 Å². The summed E-state index contributed by atoms with van der Waals surface area (Å²) in [5.41, 5.74) is 2.63. The second kappa shape index (κ2) is 6.53. The Hall–Kier alpha value is -1.53. The van der Waals surface area contributed by atoms with Crippen molar-refractivity contribution in [1.29, 1.82) is 0 Å². The first-order valence-electron chi connectivity index (χ1n) is 7.84. The Kier molecular flexibility index (Phi) is 4.27. The molecular formula is C18H19N3S2. The highest BCUT2D eigenvalue weighted by molar-refractivity contribution is 7.15. The third-order valence-corrected chi connectivity index (χ3v) is 6.13. The predicted molar refractivity (Wildman–Crippen MR) is 97.9 cm³/mol. The molecule has 0 spiro atoms. The van der Waals surface area contributed by atoms with E-state index >= 15 is 0 Å².